The van der Waals surface area contributed by atoms with Gasteiger partial charge in [0, 0.05) is 18.4 Å². The number of hydrogen-bond acceptors (Lipinski definition) is 4. The summed E-state index contributed by atoms with van der Waals surface area (Å²) in [5.41, 5.74) is 0.924. The van der Waals surface area contributed by atoms with Crippen molar-refractivity contribution in [2.45, 2.75) is 32.2 Å². The summed E-state index contributed by atoms with van der Waals surface area (Å²) in [7, 11) is 0. The average molecular weight is 325 g/mol. The molecule has 1 aliphatic carbocycles. The zero-order valence-corrected chi connectivity index (χ0v) is 13.4. The van der Waals surface area contributed by atoms with Gasteiger partial charge in [-0.1, -0.05) is 12.5 Å². The van der Waals surface area contributed by atoms with Gasteiger partial charge < -0.3 is 10.4 Å². The second kappa shape index (κ2) is 6.39. The van der Waals surface area contributed by atoms with Gasteiger partial charge in [-0.15, -0.1) is 0 Å². The molecule has 0 aliphatic heterocycles. The van der Waals surface area contributed by atoms with Crippen LogP contribution in [0.15, 0.2) is 42.7 Å². The maximum absolute atomic E-state index is 12.4. The Morgan fingerprint density at radius 2 is 2.00 bits per heavy atom. The Labute approximate surface area is 140 Å². The maximum Gasteiger partial charge on any atom is 0.311 e. The Hall–Kier alpha value is -2.76. The molecule has 6 nitrogen and oxygen atoms in total. The lowest BCUT2D eigenvalue weighted by molar-refractivity contribution is -0.148. The van der Waals surface area contributed by atoms with Gasteiger partial charge in [-0.2, -0.15) is 0 Å². The summed E-state index contributed by atoms with van der Waals surface area (Å²) in [6.45, 7) is 1.69. The van der Waals surface area contributed by atoms with E-state index in [1.54, 1.807) is 25.3 Å². The number of aliphatic carboxylic acids is 1. The van der Waals surface area contributed by atoms with E-state index < -0.39 is 11.4 Å². The van der Waals surface area contributed by atoms with Gasteiger partial charge in [-0.25, -0.2) is 0 Å². The summed E-state index contributed by atoms with van der Waals surface area (Å²) >= 11 is 0. The summed E-state index contributed by atoms with van der Waals surface area (Å²) in [6, 6.07) is 8.60. The molecule has 2 heterocycles. The molecule has 2 N–H and O–H groups in total. The lowest BCUT2D eigenvalue weighted by Gasteiger charge is -2.27. The third-order valence-corrected chi connectivity index (χ3v) is 4.70. The smallest absolute Gasteiger partial charge is 0.311 e. The van der Waals surface area contributed by atoms with Crippen LogP contribution < -0.4 is 5.32 Å². The minimum absolute atomic E-state index is 0.297. The molecule has 0 saturated heterocycles. The number of pyridine rings is 2. The van der Waals surface area contributed by atoms with Gasteiger partial charge in [0.1, 0.15) is 0 Å². The summed E-state index contributed by atoms with van der Waals surface area (Å²) in [5, 5.41) is 12.3. The molecule has 2 unspecified atom stereocenters. The Bertz CT molecular complexity index is 746. The van der Waals surface area contributed by atoms with Gasteiger partial charge in [-0.05, 0) is 44.0 Å². The van der Waals surface area contributed by atoms with Crippen molar-refractivity contribution in [2.75, 3.05) is 0 Å². The monoisotopic (exact) mass is 325 g/mol. The van der Waals surface area contributed by atoms with Gasteiger partial charge in [0.05, 0.1) is 22.4 Å². The van der Waals surface area contributed by atoms with Crippen LogP contribution in [0, 0.1) is 5.41 Å². The largest absolute Gasteiger partial charge is 0.481 e. The van der Waals surface area contributed by atoms with Crippen molar-refractivity contribution in [3.05, 3.63) is 48.3 Å². The molecule has 0 aromatic carbocycles. The van der Waals surface area contributed by atoms with Gasteiger partial charge in [0.2, 0.25) is 0 Å². The molecule has 1 aliphatic rings. The first-order valence-electron chi connectivity index (χ1n) is 7.92. The molecule has 24 heavy (non-hydrogen) atoms. The standard InChI is InChI=1S/C18H19N3O3/c1-18(17(23)24)9-4-6-15(18)21-16(22)12-7-8-14(20-11-12)13-5-2-3-10-19-13/h2-3,5,7-8,10-11,15H,4,6,9H2,1H3,(H,21,22)(H,23,24). The van der Waals surface area contributed by atoms with Gasteiger partial charge in [0.15, 0.2) is 0 Å². The molecule has 1 fully saturated rings. The zero-order valence-electron chi connectivity index (χ0n) is 13.4. The first kappa shape index (κ1) is 16.1. The number of aromatic nitrogens is 2. The molecule has 0 bridgehead atoms. The third kappa shape index (κ3) is 2.99. The predicted molar refractivity (Wildman–Crippen MR) is 88.3 cm³/mol. The molecule has 2 aromatic rings. The van der Waals surface area contributed by atoms with Crippen LogP contribution in [0.3, 0.4) is 0 Å². The molecule has 1 amide bonds. The minimum atomic E-state index is -0.906. The molecule has 2 aromatic heterocycles. The van der Waals surface area contributed by atoms with Gasteiger partial charge in [-0.3, -0.25) is 19.6 Å². The number of nitrogens with one attached hydrogen (secondary N) is 1. The summed E-state index contributed by atoms with van der Waals surface area (Å²) in [5.74, 6) is -1.16. The van der Waals surface area contributed by atoms with Crippen molar-refractivity contribution in [3.63, 3.8) is 0 Å². The zero-order chi connectivity index (χ0) is 17.2. The van der Waals surface area contributed by atoms with Crippen LogP contribution in [0.4, 0.5) is 0 Å². The molecule has 0 spiro atoms. The van der Waals surface area contributed by atoms with E-state index in [-0.39, 0.29) is 11.9 Å². The van der Waals surface area contributed by atoms with Gasteiger partial charge >= 0.3 is 5.97 Å². The van der Waals surface area contributed by atoms with Crippen LogP contribution in [0.25, 0.3) is 11.4 Å². The van der Waals surface area contributed by atoms with Crippen molar-refractivity contribution in [3.8, 4) is 11.4 Å². The predicted octanol–water partition coefficient (Wildman–Crippen LogP) is 2.52. The van der Waals surface area contributed by atoms with E-state index in [1.807, 2.05) is 18.2 Å². The van der Waals surface area contributed by atoms with E-state index in [0.29, 0.717) is 24.1 Å². The third-order valence-electron chi connectivity index (χ3n) is 4.70. The second-order valence-corrected chi connectivity index (χ2v) is 6.29. The van der Waals surface area contributed by atoms with Crippen LogP contribution in [0.2, 0.25) is 0 Å². The summed E-state index contributed by atoms with van der Waals surface area (Å²) < 4.78 is 0. The SMILES string of the molecule is CC1(C(=O)O)CCCC1NC(=O)c1ccc(-c2ccccn2)nc1. The Balaban J connectivity index is 1.73. The first-order chi connectivity index (χ1) is 11.5. The van der Waals surface area contributed by atoms with Gasteiger partial charge in [0.25, 0.3) is 5.91 Å². The maximum atomic E-state index is 12.4. The topological polar surface area (TPSA) is 92.2 Å². The lowest BCUT2D eigenvalue weighted by atomic mass is 9.85. The highest BCUT2D eigenvalue weighted by Crippen LogP contribution is 2.38. The summed E-state index contributed by atoms with van der Waals surface area (Å²) in [4.78, 5) is 32.4. The van der Waals surface area contributed by atoms with E-state index in [9.17, 15) is 14.7 Å². The number of amides is 1. The Morgan fingerprint density at radius 1 is 1.21 bits per heavy atom. The van der Waals surface area contributed by atoms with E-state index in [4.69, 9.17) is 0 Å². The number of carbonyl (C=O) groups excluding carboxylic acids is 1. The normalized spacial score (nSPS) is 23.0. The van der Waals surface area contributed by atoms with Crippen LogP contribution in [0.1, 0.15) is 36.5 Å². The minimum Gasteiger partial charge on any atom is -0.481 e. The van der Waals surface area contributed by atoms with Crippen molar-refractivity contribution in [2.24, 2.45) is 5.41 Å². The molecule has 0 radical (unpaired) electrons. The molecular weight excluding hydrogens is 306 g/mol. The second-order valence-electron chi connectivity index (χ2n) is 6.29. The van der Waals surface area contributed by atoms with E-state index in [0.717, 1.165) is 12.1 Å². The number of nitrogens with zero attached hydrogens (tertiary/aromatic N) is 2. The molecule has 124 valence electrons. The lowest BCUT2D eigenvalue weighted by Crippen LogP contribution is -2.47. The Kier molecular flexibility index (Phi) is 4.29. The molecule has 3 rings (SSSR count). The number of hydrogen-bond donors (Lipinski definition) is 2. The number of carboxylic acid groups (broad SMARTS) is 1. The highest BCUT2D eigenvalue weighted by molar-refractivity contribution is 5.94. The fourth-order valence-electron chi connectivity index (χ4n) is 3.09. The Morgan fingerprint density at radius 3 is 2.62 bits per heavy atom. The van der Waals surface area contributed by atoms with Crippen LogP contribution >= 0.6 is 0 Å². The van der Waals surface area contributed by atoms with Crippen molar-refractivity contribution < 1.29 is 14.7 Å². The summed E-state index contributed by atoms with van der Waals surface area (Å²) in [6.07, 6.45) is 5.22. The number of rotatable bonds is 4. The molecule has 2 atom stereocenters. The van der Waals surface area contributed by atoms with Crippen LogP contribution in [-0.2, 0) is 4.79 Å². The van der Waals surface area contributed by atoms with E-state index >= 15 is 0 Å². The van der Waals surface area contributed by atoms with Crippen LogP contribution in [0.5, 0.6) is 0 Å². The van der Waals surface area contributed by atoms with E-state index in [2.05, 4.69) is 15.3 Å². The van der Waals surface area contributed by atoms with Crippen molar-refractivity contribution in [1.29, 1.82) is 0 Å². The number of carboxylic acids is 1. The van der Waals surface area contributed by atoms with E-state index in [1.165, 1.54) is 6.20 Å². The van der Waals surface area contributed by atoms with Crippen molar-refractivity contribution in [1.82, 2.24) is 15.3 Å². The fraction of sp³-hybridized carbons (Fsp3) is 0.333. The van der Waals surface area contributed by atoms with Crippen LogP contribution in [-0.4, -0.2) is 33.0 Å². The molecule has 6 heteroatoms. The fourth-order valence-corrected chi connectivity index (χ4v) is 3.09. The quantitative estimate of drug-likeness (QED) is 0.901. The molecule has 1 saturated carbocycles. The first-order valence-corrected chi connectivity index (χ1v) is 7.92. The highest BCUT2D eigenvalue weighted by atomic mass is 16.4. The van der Waals surface area contributed by atoms with Crippen molar-refractivity contribution >= 4 is 11.9 Å². The average Bonchev–Trinajstić information content (AvgIpc) is 2.98. The number of carbonyl (C=O) groups is 2. The molecular formula is C18H19N3O3. The highest BCUT2D eigenvalue weighted by Gasteiger charge is 2.45.